The van der Waals surface area contributed by atoms with Crippen molar-refractivity contribution >= 4 is 5.91 Å². The molecule has 0 saturated carbocycles. The molecule has 0 aromatic carbocycles. The summed E-state index contributed by atoms with van der Waals surface area (Å²) in [5, 5.41) is 6.26. The van der Waals surface area contributed by atoms with Gasteiger partial charge in [-0.25, -0.2) is 0 Å². The molecule has 2 rings (SSSR count). The van der Waals surface area contributed by atoms with Crippen molar-refractivity contribution in [2.45, 2.75) is 25.9 Å². The summed E-state index contributed by atoms with van der Waals surface area (Å²) in [5.41, 5.74) is 0.710. The normalized spacial score (nSPS) is 20.1. The number of carbonyl (C=O) groups is 1. The average Bonchev–Trinajstić information content (AvgIpc) is 2.86. The Hall–Kier alpha value is -1.33. The SMILES string of the molecule is CC(C)n1cccc1C(=O)NCC1COCCN1. The molecule has 5 nitrogen and oxygen atoms in total. The molecule has 1 saturated heterocycles. The topological polar surface area (TPSA) is 55.3 Å². The van der Waals surface area contributed by atoms with Crippen molar-refractivity contribution in [1.82, 2.24) is 15.2 Å². The van der Waals surface area contributed by atoms with Gasteiger partial charge >= 0.3 is 0 Å². The minimum absolute atomic E-state index is 0.0268. The van der Waals surface area contributed by atoms with Crippen molar-refractivity contribution in [3.8, 4) is 0 Å². The number of carbonyl (C=O) groups excluding carboxylic acids is 1. The monoisotopic (exact) mass is 251 g/mol. The van der Waals surface area contributed by atoms with E-state index in [4.69, 9.17) is 4.74 Å². The lowest BCUT2D eigenvalue weighted by atomic mass is 10.2. The summed E-state index contributed by atoms with van der Waals surface area (Å²) < 4.78 is 7.32. The Labute approximate surface area is 108 Å². The van der Waals surface area contributed by atoms with Crippen molar-refractivity contribution in [3.63, 3.8) is 0 Å². The van der Waals surface area contributed by atoms with E-state index in [1.807, 2.05) is 22.9 Å². The summed E-state index contributed by atoms with van der Waals surface area (Å²) in [7, 11) is 0. The first-order valence-corrected chi connectivity index (χ1v) is 6.44. The van der Waals surface area contributed by atoms with Gasteiger partial charge in [-0.2, -0.15) is 0 Å². The van der Waals surface area contributed by atoms with Crippen LogP contribution in [0.4, 0.5) is 0 Å². The molecular weight excluding hydrogens is 230 g/mol. The number of ether oxygens (including phenoxy) is 1. The Morgan fingerprint density at radius 2 is 2.50 bits per heavy atom. The smallest absolute Gasteiger partial charge is 0.267 e. The van der Waals surface area contributed by atoms with E-state index in [9.17, 15) is 4.79 Å². The summed E-state index contributed by atoms with van der Waals surface area (Å²) in [6, 6.07) is 4.25. The van der Waals surface area contributed by atoms with Crippen LogP contribution in [0.15, 0.2) is 18.3 Å². The predicted octanol–water partition coefficient (Wildman–Crippen LogP) is 0.787. The zero-order valence-electron chi connectivity index (χ0n) is 11.0. The lowest BCUT2D eigenvalue weighted by Gasteiger charge is -2.24. The minimum Gasteiger partial charge on any atom is -0.378 e. The van der Waals surface area contributed by atoms with Crippen molar-refractivity contribution in [2.24, 2.45) is 0 Å². The highest BCUT2D eigenvalue weighted by molar-refractivity contribution is 5.92. The molecule has 5 heteroatoms. The van der Waals surface area contributed by atoms with Crippen LogP contribution in [0.1, 0.15) is 30.4 Å². The fourth-order valence-electron chi connectivity index (χ4n) is 2.09. The second-order valence-electron chi connectivity index (χ2n) is 4.83. The Balaban J connectivity index is 1.89. The minimum atomic E-state index is -0.0268. The molecule has 0 bridgehead atoms. The lowest BCUT2D eigenvalue weighted by molar-refractivity contribution is 0.0732. The summed E-state index contributed by atoms with van der Waals surface area (Å²) >= 11 is 0. The van der Waals surface area contributed by atoms with Gasteiger partial charge in [0, 0.05) is 31.4 Å². The van der Waals surface area contributed by atoms with Crippen LogP contribution < -0.4 is 10.6 Å². The molecule has 0 radical (unpaired) electrons. The van der Waals surface area contributed by atoms with E-state index in [2.05, 4.69) is 24.5 Å². The summed E-state index contributed by atoms with van der Waals surface area (Å²) in [5.74, 6) is -0.0268. The standard InChI is InChI=1S/C13H21N3O2/c1-10(2)16-6-3-4-12(16)13(17)15-8-11-9-18-7-5-14-11/h3-4,6,10-11,14H,5,7-9H2,1-2H3,(H,15,17). The van der Waals surface area contributed by atoms with E-state index in [1.165, 1.54) is 0 Å². The molecule has 0 spiro atoms. The number of nitrogens with zero attached hydrogens (tertiary/aromatic N) is 1. The van der Waals surface area contributed by atoms with Gasteiger partial charge in [0.15, 0.2) is 0 Å². The quantitative estimate of drug-likeness (QED) is 0.832. The van der Waals surface area contributed by atoms with E-state index >= 15 is 0 Å². The fourth-order valence-corrected chi connectivity index (χ4v) is 2.09. The van der Waals surface area contributed by atoms with Crippen LogP contribution in [-0.4, -0.2) is 42.8 Å². The van der Waals surface area contributed by atoms with E-state index in [0.717, 1.165) is 13.2 Å². The molecule has 1 amide bonds. The van der Waals surface area contributed by atoms with Gasteiger partial charge in [-0.15, -0.1) is 0 Å². The Kier molecular flexibility index (Phi) is 4.38. The summed E-state index contributed by atoms with van der Waals surface area (Å²) in [6.45, 7) is 6.98. The lowest BCUT2D eigenvalue weighted by Crippen LogP contribution is -2.48. The first kappa shape index (κ1) is 13.1. The molecule has 100 valence electrons. The predicted molar refractivity (Wildman–Crippen MR) is 69.8 cm³/mol. The molecule has 1 atom stereocenters. The third-order valence-corrected chi connectivity index (χ3v) is 3.08. The van der Waals surface area contributed by atoms with E-state index in [-0.39, 0.29) is 18.0 Å². The maximum absolute atomic E-state index is 12.1. The summed E-state index contributed by atoms with van der Waals surface area (Å²) in [6.07, 6.45) is 1.93. The van der Waals surface area contributed by atoms with Gasteiger partial charge in [0.1, 0.15) is 5.69 Å². The maximum Gasteiger partial charge on any atom is 0.267 e. The molecule has 0 aliphatic carbocycles. The number of aromatic nitrogens is 1. The van der Waals surface area contributed by atoms with Crippen LogP contribution in [0.25, 0.3) is 0 Å². The van der Waals surface area contributed by atoms with Crippen molar-refractivity contribution < 1.29 is 9.53 Å². The van der Waals surface area contributed by atoms with Crippen molar-refractivity contribution in [3.05, 3.63) is 24.0 Å². The van der Waals surface area contributed by atoms with Gasteiger partial charge in [0.05, 0.1) is 13.2 Å². The number of hydrogen-bond donors (Lipinski definition) is 2. The molecule has 1 aliphatic heterocycles. The molecule has 2 heterocycles. The summed E-state index contributed by atoms with van der Waals surface area (Å²) in [4.78, 5) is 12.1. The van der Waals surface area contributed by atoms with Crippen molar-refractivity contribution in [2.75, 3.05) is 26.3 Å². The number of rotatable bonds is 4. The van der Waals surface area contributed by atoms with Crippen LogP contribution in [0, 0.1) is 0 Å². The molecule has 18 heavy (non-hydrogen) atoms. The highest BCUT2D eigenvalue weighted by atomic mass is 16.5. The number of hydrogen-bond acceptors (Lipinski definition) is 3. The fraction of sp³-hybridized carbons (Fsp3) is 0.615. The highest BCUT2D eigenvalue weighted by Crippen LogP contribution is 2.10. The molecule has 1 unspecified atom stereocenters. The van der Waals surface area contributed by atoms with Gasteiger partial charge in [0.25, 0.3) is 5.91 Å². The molecule has 2 N–H and O–H groups in total. The van der Waals surface area contributed by atoms with Crippen LogP contribution in [-0.2, 0) is 4.74 Å². The van der Waals surface area contributed by atoms with Crippen LogP contribution >= 0.6 is 0 Å². The van der Waals surface area contributed by atoms with Gasteiger partial charge in [-0.3, -0.25) is 4.79 Å². The van der Waals surface area contributed by atoms with Crippen LogP contribution in [0.5, 0.6) is 0 Å². The largest absolute Gasteiger partial charge is 0.378 e. The second-order valence-corrected chi connectivity index (χ2v) is 4.83. The highest BCUT2D eigenvalue weighted by Gasteiger charge is 2.16. The van der Waals surface area contributed by atoms with Gasteiger partial charge in [-0.05, 0) is 26.0 Å². The Bertz CT molecular complexity index is 395. The van der Waals surface area contributed by atoms with Crippen LogP contribution in [0.2, 0.25) is 0 Å². The van der Waals surface area contributed by atoms with Crippen molar-refractivity contribution in [1.29, 1.82) is 0 Å². The first-order valence-electron chi connectivity index (χ1n) is 6.44. The Morgan fingerprint density at radius 1 is 1.67 bits per heavy atom. The third kappa shape index (κ3) is 3.11. The number of amides is 1. The maximum atomic E-state index is 12.1. The van der Waals surface area contributed by atoms with E-state index < -0.39 is 0 Å². The molecule has 1 aromatic rings. The molecule has 1 aromatic heterocycles. The zero-order valence-corrected chi connectivity index (χ0v) is 11.0. The molecule has 1 fully saturated rings. The molecule has 1 aliphatic rings. The number of morpholine rings is 1. The third-order valence-electron chi connectivity index (χ3n) is 3.08. The van der Waals surface area contributed by atoms with Gasteiger partial charge in [0.2, 0.25) is 0 Å². The number of nitrogens with one attached hydrogen (secondary N) is 2. The Morgan fingerprint density at radius 3 is 3.17 bits per heavy atom. The van der Waals surface area contributed by atoms with E-state index in [1.54, 1.807) is 0 Å². The second kappa shape index (κ2) is 6.02. The molecular formula is C13H21N3O2. The average molecular weight is 251 g/mol. The van der Waals surface area contributed by atoms with Crippen LogP contribution in [0.3, 0.4) is 0 Å². The van der Waals surface area contributed by atoms with Gasteiger partial charge in [-0.1, -0.05) is 0 Å². The van der Waals surface area contributed by atoms with Gasteiger partial charge < -0.3 is 19.9 Å². The zero-order chi connectivity index (χ0) is 13.0. The van der Waals surface area contributed by atoms with E-state index in [0.29, 0.717) is 18.8 Å². The first-order chi connectivity index (χ1) is 8.68.